The fraction of sp³-hybridized carbons (Fsp3) is 0.938. The summed E-state index contributed by atoms with van der Waals surface area (Å²) in [6, 6.07) is 0.291. The quantitative estimate of drug-likeness (QED) is 0.845. The lowest BCUT2D eigenvalue weighted by Crippen LogP contribution is -2.58. The van der Waals surface area contributed by atoms with E-state index >= 15 is 0 Å². The van der Waals surface area contributed by atoms with Gasteiger partial charge < -0.3 is 15.4 Å². The molecule has 0 aromatic heterocycles. The fourth-order valence-corrected chi connectivity index (χ4v) is 3.86. The van der Waals surface area contributed by atoms with Crippen LogP contribution in [0, 0.1) is 5.92 Å². The van der Waals surface area contributed by atoms with E-state index in [4.69, 9.17) is 10.5 Å². The Bertz CT molecular complexity index is 349. The van der Waals surface area contributed by atoms with E-state index in [0.717, 1.165) is 19.3 Å². The van der Waals surface area contributed by atoms with Crippen LogP contribution in [0.5, 0.6) is 0 Å². The van der Waals surface area contributed by atoms with Crippen molar-refractivity contribution in [2.24, 2.45) is 11.7 Å². The first-order chi connectivity index (χ1) is 9.17. The molecule has 0 radical (unpaired) electrons. The van der Waals surface area contributed by atoms with Crippen LogP contribution in [0.25, 0.3) is 0 Å². The van der Waals surface area contributed by atoms with Crippen LogP contribution in [0.4, 0.5) is 0 Å². The van der Waals surface area contributed by atoms with Crippen LogP contribution >= 0.6 is 0 Å². The number of nitrogens with zero attached hydrogens (tertiary/aromatic N) is 1. The van der Waals surface area contributed by atoms with Crippen LogP contribution in [0.1, 0.15) is 59.8 Å². The van der Waals surface area contributed by atoms with Crippen LogP contribution in [-0.2, 0) is 9.53 Å². The summed E-state index contributed by atoms with van der Waals surface area (Å²) >= 11 is 0. The molecule has 2 rings (SSSR count). The van der Waals surface area contributed by atoms with Gasteiger partial charge in [-0.15, -0.1) is 0 Å². The zero-order valence-corrected chi connectivity index (χ0v) is 13.4. The van der Waals surface area contributed by atoms with Crippen LogP contribution in [0.2, 0.25) is 0 Å². The third-order valence-corrected chi connectivity index (χ3v) is 4.34. The lowest BCUT2D eigenvalue weighted by atomic mass is 9.83. The summed E-state index contributed by atoms with van der Waals surface area (Å²) in [6.07, 6.45) is 5.08. The summed E-state index contributed by atoms with van der Waals surface area (Å²) in [5.41, 5.74) is 5.49. The van der Waals surface area contributed by atoms with E-state index in [1.807, 2.05) is 4.90 Å². The molecular formula is C16H30N2O2. The second kappa shape index (κ2) is 5.64. The Morgan fingerprint density at radius 2 is 1.80 bits per heavy atom. The van der Waals surface area contributed by atoms with E-state index in [1.54, 1.807) is 0 Å². The van der Waals surface area contributed by atoms with Gasteiger partial charge in [-0.1, -0.05) is 6.42 Å². The Morgan fingerprint density at radius 3 is 2.35 bits per heavy atom. The molecule has 1 heterocycles. The molecule has 116 valence electrons. The second-order valence-corrected chi connectivity index (χ2v) is 7.87. The van der Waals surface area contributed by atoms with Gasteiger partial charge in [0.15, 0.2) is 0 Å². The first-order valence-electron chi connectivity index (χ1n) is 7.90. The monoisotopic (exact) mass is 282 g/mol. The summed E-state index contributed by atoms with van der Waals surface area (Å²) in [6.45, 7) is 9.62. The van der Waals surface area contributed by atoms with Crippen molar-refractivity contribution in [2.75, 3.05) is 13.1 Å². The number of nitrogens with two attached hydrogens (primary N) is 1. The molecule has 4 nitrogen and oxygen atoms in total. The summed E-state index contributed by atoms with van der Waals surface area (Å²) in [7, 11) is 0. The van der Waals surface area contributed by atoms with E-state index < -0.39 is 0 Å². The molecule has 1 saturated carbocycles. The molecule has 1 amide bonds. The summed E-state index contributed by atoms with van der Waals surface area (Å²) < 4.78 is 6.03. The van der Waals surface area contributed by atoms with Gasteiger partial charge in [0.05, 0.1) is 11.2 Å². The molecule has 2 N–H and O–H groups in total. The zero-order chi connectivity index (χ0) is 15.0. The number of amides is 1. The first kappa shape index (κ1) is 15.8. The average Bonchev–Trinajstić information content (AvgIpc) is 2.24. The van der Waals surface area contributed by atoms with Crippen molar-refractivity contribution in [3.63, 3.8) is 0 Å². The highest BCUT2D eigenvalue weighted by molar-refractivity contribution is 5.76. The maximum Gasteiger partial charge on any atom is 0.223 e. The van der Waals surface area contributed by atoms with Gasteiger partial charge in [0.25, 0.3) is 0 Å². The van der Waals surface area contributed by atoms with Crippen molar-refractivity contribution in [1.29, 1.82) is 0 Å². The van der Waals surface area contributed by atoms with Crippen molar-refractivity contribution >= 4 is 5.91 Å². The number of morpholine rings is 1. The lowest BCUT2D eigenvalue weighted by Gasteiger charge is -2.47. The molecule has 0 spiro atoms. The highest BCUT2D eigenvalue weighted by Gasteiger charge is 2.40. The molecule has 2 unspecified atom stereocenters. The van der Waals surface area contributed by atoms with Crippen LogP contribution in [0.3, 0.4) is 0 Å². The van der Waals surface area contributed by atoms with Crippen LogP contribution in [0.15, 0.2) is 0 Å². The first-order valence-corrected chi connectivity index (χ1v) is 7.90. The molecule has 0 aromatic rings. The maximum atomic E-state index is 12.6. The van der Waals surface area contributed by atoms with Gasteiger partial charge in [0, 0.05) is 25.6 Å². The highest BCUT2D eigenvalue weighted by Crippen LogP contribution is 2.31. The molecule has 2 fully saturated rings. The maximum absolute atomic E-state index is 12.6. The van der Waals surface area contributed by atoms with Crippen LogP contribution < -0.4 is 5.73 Å². The third-order valence-electron chi connectivity index (χ3n) is 4.34. The number of ether oxygens (including phenoxy) is 1. The van der Waals surface area contributed by atoms with E-state index in [0.29, 0.717) is 31.5 Å². The average molecular weight is 282 g/mol. The minimum Gasteiger partial charge on any atom is -0.366 e. The molecule has 2 aliphatic rings. The van der Waals surface area contributed by atoms with E-state index in [-0.39, 0.29) is 17.1 Å². The number of carbonyl (C=O) groups excluding carboxylic acids is 1. The predicted molar refractivity (Wildman–Crippen MR) is 80.4 cm³/mol. The number of hydrogen-bond donors (Lipinski definition) is 1. The molecule has 1 saturated heterocycles. The molecule has 1 aliphatic heterocycles. The van der Waals surface area contributed by atoms with Gasteiger partial charge >= 0.3 is 0 Å². The Kier molecular flexibility index (Phi) is 4.45. The van der Waals surface area contributed by atoms with Crippen molar-refractivity contribution in [1.82, 2.24) is 4.90 Å². The Balaban J connectivity index is 1.94. The van der Waals surface area contributed by atoms with Gasteiger partial charge in [-0.25, -0.2) is 0 Å². The standard InChI is InChI=1S/C16H30N2O2/c1-15(2)10-18(11-16(3,4)20-15)14(19)9-12-6-5-7-13(17)8-12/h12-13H,5-11,17H2,1-4H3. The lowest BCUT2D eigenvalue weighted by molar-refractivity contribution is -0.188. The van der Waals surface area contributed by atoms with Gasteiger partial charge in [-0.05, 0) is 52.9 Å². The molecule has 20 heavy (non-hydrogen) atoms. The smallest absolute Gasteiger partial charge is 0.223 e. The van der Waals surface area contributed by atoms with Crippen molar-refractivity contribution in [3.05, 3.63) is 0 Å². The van der Waals surface area contributed by atoms with Gasteiger partial charge in [0.1, 0.15) is 0 Å². The van der Waals surface area contributed by atoms with E-state index in [1.165, 1.54) is 6.42 Å². The molecule has 0 bridgehead atoms. The minimum absolute atomic E-state index is 0.264. The van der Waals surface area contributed by atoms with Gasteiger partial charge in [-0.3, -0.25) is 4.79 Å². The number of hydrogen-bond acceptors (Lipinski definition) is 3. The minimum atomic E-state index is -0.264. The number of carbonyl (C=O) groups is 1. The topological polar surface area (TPSA) is 55.6 Å². The fourth-order valence-electron chi connectivity index (χ4n) is 3.86. The summed E-state index contributed by atoms with van der Waals surface area (Å²) in [5, 5.41) is 0. The van der Waals surface area contributed by atoms with Crippen LogP contribution in [-0.4, -0.2) is 41.1 Å². The van der Waals surface area contributed by atoms with E-state index in [2.05, 4.69) is 27.7 Å². The predicted octanol–water partition coefficient (Wildman–Crippen LogP) is 2.31. The molecule has 4 heteroatoms. The summed E-state index contributed by atoms with van der Waals surface area (Å²) in [5.74, 6) is 0.744. The van der Waals surface area contributed by atoms with Crippen molar-refractivity contribution in [2.45, 2.75) is 77.0 Å². The third kappa shape index (κ3) is 4.19. The van der Waals surface area contributed by atoms with Gasteiger partial charge in [-0.2, -0.15) is 0 Å². The van der Waals surface area contributed by atoms with E-state index in [9.17, 15) is 4.79 Å². The highest BCUT2D eigenvalue weighted by atomic mass is 16.5. The Hall–Kier alpha value is -0.610. The Morgan fingerprint density at radius 1 is 1.20 bits per heavy atom. The largest absolute Gasteiger partial charge is 0.366 e. The Labute approximate surface area is 123 Å². The SMILES string of the molecule is CC1(C)CN(C(=O)CC2CCCC(N)C2)CC(C)(C)O1. The van der Waals surface area contributed by atoms with Crippen molar-refractivity contribution < 1.29 is 9.53 Å². The normalized spacial score (nSPS) is 33.0. The summed E-state index contributed by atoms with van der Waals surface area (Å²) in [4.78, 5) is 14.6. The van der Waals surface area contributed by atoms with Crippen molar-refractivity contribution in [3.8, 4) is 0 Å². The number of rotatable bonds is 2. The second-order valence-electron chi connectivity index (χ2n) is 7.87. The molecular weight excluding hydrogens is 252 g/mol. The molecule has 1 aliphatic carbocycles. The molecule has 0 aromatic carbocycles. The molecule has 2 atom stereocenters. The van der Waals surface area contributed by atoms with Gasteiger partial charge in [0.2, 0.25) is 5.91 Å². The zero-order valence-electron chi connectivity index (χ0n) is 13.4.